The van der Waals surface area contributed by atoms with E-state index in [1.807, 2.05) is 30.3 Å². The molecule has 0 saturated carbocycles. The smallest absolute Gasteiger partial charge is 0.244 e. The van der Waals surface area contributed by atoms with E-state index >= 15 is 0 Å². The van der Waals surface area contributed by atoms with E-state index in [1.54, 1.807) is 6.07 Å². The standard InChI is InChI=1S/C13H15N5OS/c14-10-7-13(20-8-12(19)18-15)17-11(16-10)6-9-4-2-1-3-5-9/h1-5,7H,6,8,15H2,(H,18,19)(H2,14,16,17). The zero-order valence-corrected chi connectivity index (χ0v) is 11.6. The van der Waals surface area contributed by atoms with Crippen molar-refractivity contribution < 1.29 is 4.79 Å². The van der Waals surface area contributed by atoms with Crippen LogP contribution in [0.5, 0.6) is 0 Å². The Morgan fingerprint density at radius 1 is 1.25 bits per heavy atom. The van der Waals surface area contributed by atoms with E-state index in [0.717, 1.165) is 5.56 Å². The minimum atomic E-state index is -0.267. The van der Waals surface area contributed by atoms with E-state index in [1.165, 1.54) is 11.8 Å². The van der Waals surface area contributed by atoms with Gasteiger partial charge >= 0.3 is 0 Å². The number of amides is 1. The van der Waals surface area contributed by atoms with Gasteiger partial charge in [-0.05, 0) is 5.56 Å². The summed E-state index contributed by atoms with van der Waals surface area (Å²) in [5.74, 6) is 5.97. The number of aromatic nitrogens is 2. The maximum absolute atomic E-state index is 11.1. The maximum atomic E-state index is 11.1. The van der Waals surface area contributed by atoms with Crippen molar-refractivity contribution >= 4 is 23.5 Å². The maximum Gasteiger partial charge on any atom is 0.244 e. The summed E-state index contributed by atoms with van der Waals surface area (Å²) in [5, 5.41) is 0.659. The van der Waals surface area contributed by atoms with Crippen molar-refractivity contribution in [2.24, 2.45) is 5.84 Å². The summed E-state index contributed by atoms with van der Waals surface area (Å²) in [7, 11) is 0. The molecule has 6 nitrogen and oxygen atoms in total. The number of nitrogen functional groups attached to an aromatic ring is 1. The van der Waals surface area contributed by atoms with Gasteiger partial charge in [-0.15, -0.1) is 0 Å². The number of nitrogens with zero attached hydrogens (tertiary/aromatic N) is 2. The Morgan fingerprint density at radius 2 is 2.00 bits per heavy atom. The van der Waals surface area contributed by atoms with Crippen LogP contribution in [0.3, 0.4) is 0 Å². The predicted octanol–water partition coefficient (Wildman–Crippen LogP) is 0.732. The summed E-state index contributed by atoms with van der Waals surface area (Å²) in [6.45, 7) is 0. The van der Waals surface area contributed by atoms with E-state index in [2.05, 4.69) is 15.4 Å². The molecule has 0 unspecified atom stereocenters. The molecule has 2 aromatic rings. The highest BCUT2D eigenvalue weighted by Gasteiger charge is 2.07. The predicted molar refractivity (Wildman–Crippen MR) is 78.7 cm³/mol. The first-order valence-corrected chi connectivity index (χ1v) is 6.95. The van der Waals surface area contributed by atoms with Crippen LogP contribution in [-0.4, -0.2) is 21.6 Å². The van der Waals surface area contributed by atoms with Crippen LogP contribution in [0.2, 0.25) is 0 Å². The van der Waals surface area contributed by atoms with E-state index in [4.69, 9.17) is 11.6 Å². The van der Waals surface area contributed by atoms with Gasteiger partial charge < -0.3 is 5.73 Å². The van der Waals surface area contributed by atoms with Crippen LogP contribution in [0.25, 0.3) is 0 Å². The lowest BCUT2D eigenvalue weighted by Crippen LogP contribution is -2.31. The average Bonchev–Trinajstić information content (AvgIpc) is 2.45. The molecular formula is C13H15N5OS. The molecule has 1 amide bonds. The Morgan fingerprint density at radius 3 is 2.70 bits per heavy atom. The van der Waals surface area contributed by atoms with E-state index < -0.39 is 0 Å². The van der Waals surface area contributed by atoms with Crippen molar-refractivity contribution in [1.82, 2.24) is 15.4 Å². The highest BCUT2D eigenvalue weighted by Crippen LogP contribution is 2.18. The Hall–Kier alpha value is -2.12. The van der Waals surface area contributed by atoms with Crippen LogP contribution in [-0.2, 0) is 11.2 Å². The highest BCUT2D eigenvalue weighted by molar-refractivity contribution is 7.99. The molecule has 0 spiro atoms. The third-order valence-corrected chi connectivity index (χ3v) is 3.40. The molecule has 0 atom stereocenters. The van der Waals surface area contributed by atoms with E-state index in [9.17, 15) is 4.79 Å². The van der Waals surface area contributed by atoms with Gasteiger partial charge in [-0.25, -0.2) is 15.8 Å². The number of rotatable bonds is 5. The lowest BCUT2D eigenvalue weighted by Gasteiger charge is -2.05. The van der Waals surface area contributed by atoms with E-state index in [0.29, 0.717) is 23.1 Å². The first-order chi connectivity index (χ1) is 9.67. The van der Waals surface area contributed by atoms with Crippen molar-refractivity contribution in [2.45, 2.75) is 11.4 Å². The highest BCUT2D eigenvalue weighted by atomic mass is 32.2. The number of nitrogens with two attached hydrogens (primary N) is 2. The van der Waals surface area contributed by atoms with Gasteiger partial charge in [-0.1, -0.05) is 42.1 Å². The molecule has 104 valence electrons. The molecule has 5 N–H and O–H groups in total. The number of thioether (sulfide) groups is 1. The lowest BCUT2D eigenvalue weighted by molar-refractivity contribution is -0.118. The third kappa shape index (κ3) is 4.22. The molecule has 1 heterocycles. The number of anilines is 1. The third-order valence-electron chi connectivity index (χ3n) is 2.49. The molecule has 2 rings (SSSR count). The summed E-state index contributed by atoms with van der Waals surface area (Å²) in [6.07, 6.45) is 0.600. The van der Waals surface area contributed by atoms with Crippen LogP contribution in [0.15, 0.2) is 41.4 Å². The second kappa shape index (κ2) is 6.88. The molecule has 0 fully saturated rings. The summed E-state index contributed by atoms with van der Waals surface area (Å²) in [4.78, 5) is 19.7. The van der Waals surface area contributed by atoms with Crippen LogP contribution in [0.1, 0.15) is 11.4 Å². The first kappa shape index (κ1) is 14.3. The molecule has 0 aliphatic rings. The van der Waals surface area contributed by atoms with E-state index in [-0.39, 0.29) is 11.7 Å². The van der Waals surface area contributed by atoms with Gasteiger partial charge in [0, 0.05) is 12.5 Å². The minimum absolute atomic E-state index is 0.192. The van der Waals surface area contributed by atoms with Gasteiger partial charge in [-0.3, -0.25) is 10.2 Å². The molecule has 0 aliphatic carbocycles. The molecule has 1 aromatic heterocycles. The molecule has 1 aromatic carbocycles. The second-order valence-corrected chi connectivity index (χ2v) is 5.06. The molecule has 0 saturated heterocycles. The molecule has 0 aliphatic heterocycles. The van der Waals surface area contributed by atoms with Crippen LogP contribution < -0.4 is 17.0 Å². The van der Waals surface area contributed by atoms with Gasteiger partial charge in [0.15, 0.2) is 0 Å². The Bertz CT molecular complexity index is 591. The molecule has 7 heteroatoms. The number of hydrazine groups is 1. The minimum Gasteiger partial charge on any atom is -0.384 e. The fourth-order valence-corrected chi connectivity index (χ4v) is 2.34. The Balaban J connectivity index is 2.10. The number of hydrogen-bond donors (Lipinski definition) is 3. The first-order valence-electron chi connectivity index (χ1n) is 5.97. The van der Waals surface area contributed by atoms with Gasteiger partial charge in [0.25, 0.3) is 0 Å². The Labute approximate surface area is 121 Å². The molecule has 0 radical (unpaired) electrons. The zero-order valence-electron chi connectivity index (χ0n) is 10.7. The molecule has 20 heavy (non-hydrogen) atoms. The summed E-state index contributed by atoms with van der Waals surface area (Å²) in [6, 6.07) is 11.5. The fraction of sp³-hybridized carbons (Fsp3) is 0.154. The zero-order chi connectivity index (χ0) is 14.4. The quantitative estimate of drug-likeness (QED) is 0.246. The Kier molecular flexibility index (Phi) is 4.91. The van der Waals surface area contributed by atoms with Gasteiger partial charge in [0.1, 0.15) is 16.7 Å². The van der Waals surface area contributed by atoms with Crippen molar-refractivity contribution in [3.8, 4) is 0 Å². The normalized spacial score (nSPS) is 10.2. The van der Waals surface area contributed by atoms with Gasteiger partial charge in [0.2, 0.25) is 5.91 Å². The SMILES string of the molecule is NNC(=O)CSc1cc(N)nc(Cc2ccccc2)n1. The number of carbonyl (C=O) groups excluding carboxylic acids is 1. The number of carbonyl (C=O) groups is 1. The lowest BCUT2D eigenvalue weighted by atomic mass is 10.1. The van der Waals surface area contributed by atoms with Crippen LogP contribution >= 0.6 is 11.8 Å². The number of nitrogens with one attached hydrogen (secondary N) is 1. The largest absolute Gasteiger partial charge is 0.384 e. The summed E-state index contributed by atoms with van der Waals surface area (Å²) < 4.78 is 0. The molecule has 0 bridgehead atoms. The van der Waals surface area contributed by atoms with Crippen LogP contribution in [0, 0.1) is 0 Å². The number of hydrogen-bond acceptors (Lipinski definition) is 6. The summed E-state index contributed by atoms with van der Waals surface area (Å²) in [5.41, 5.74) is 8.94. The number of benzene rings is 1. The van der Waals surface area contributed by atoms with Gasteiger partial charge in [0.05, 0.1) is 5.75 Å². The topological polar surface area (TPSA) is 107 Å². The fourth-order valence-electron chi connectivity index (χ4n) is 1.60. The summed E-state index contributed by atoms with van der Waals surface area (Å²) >= 11 is 1.27. The second-order valence-electron chi connectivity index (χ2n) is 4.07. The van der Waals surface area contributed by atoms with Crippen molar-refractivity contribution in [3.05, 3.63) is 47.8 Å². The van der Waals surface area contributed by atoms with Crippen molar-refractivity contribution in [3.63, 3.8) is 0 Å². The van der Waals surface area contributed by atoms with Crippen molar-refractivity contribution in [1.29, 1.82) is 0 Å². The molecular weight excluding hydrogens is 274 g/mol. The van der Waals surface area contributed by atoms with Gasteiger partial charge in [-0.2, -0.15) is 0 Å². The van der Waals surface area contributed by atoms with Crippen molar-refractivity contribution in [2.75, 3.05) is 11.5 Å². The van der Waals surface area contributed by atoms with Crippen LogP contribution in [0.4, 0.5) is 5.82 Å². The average molecular weight is 289 g/mol. The monoisotopic (exact) mass is 289 g/mol.